The summed E-state index contributed by atoms with van der Waals surface area (Å²) in [6.45, 7) is 10.5. The van der Waals surface area contributed by atoms with E-state index < -0.39 is 17.5 Å². The molecular weight excluding hydrogens is 426 g/mol. The van der Waals surface area contributed by atoms with Crippen molar-refractivity contribution in [3.05, 3.63) is 93.8 Å². The summed E-state index contributed by atoms with van der Waals surface area (Å²) in [7, 11) is 0. The lowest BCUT2D eigenvalue weighted by atomic mass is 9.81. The number of Topliss-reactive ketones (excluding diaryl/α,β-unsaturated/α-hetero) is 1. The van der Waals surface area contributed by atoms with Gasteiger partial charge < -0.3 is 9.88 Å². The molecule has 34 heavy (non-hydrogen) atoms. The largest absolute Gasteiger partial charge is 0.348 e. The molecule has 1 aromatic heterocycles. The predicted molar refractivity (Wildman–Crippen MR) is 132 cm³/mol. The van der Waals surface area contributed by atoms with Gasteiger partial charge in [-0.15, -0.1) is 0 Å². The summed E-state index contributed by atoms with van der Waals surface area (Å²) in [6.07, 6.45) is 0.951. The number of hydrogen-bond donors (Lipinski definition) is 1. The zero-order chi connectivity index (χ0) is 24.6. The monoisotopic (exact) mass is 457 g/mol. The van der Waals surface area contributed by atoms with Crippen LogP contribution in [0.25, 0.3) is 0 Å². The molecule has 6 nitrogen and oxygen atoms in total. The van der Waals surface area contributed by atoms with Gasteiger partial charge in [-0.05, 0) is 62.4 Å². The summed E-state index contributed by atoms with van der Waals surface area (Å²) in [5.41, 5.74) is 4.48. The Balaban J connectivity index is 1.74. The van der Waals surface area contributed by atoms with Gasteiger partial charge in [0.1, 0.15) is 0 Å². The predicted octanol–water partition coefficient (Wildman–Crippen LogP) is 4.81. The van der Waals surface area contributed by atoms with Gasteiger partial charge in [0.05, 0.1) is 6.54 Å². The molecule has 4 rings (SSSR count). The molecule has 2 heterocycles. The van der Waals surface area contributed by atoms with Crippen molar-refractivity contribution in [2.75, 3.05) is 6.54 Å². The molecule has 0 aliphatic carbocycles. The second-order valence-electron chi connectivity index (χ2n) is 9.10. The van der Waals surface area contributed by atoms with E-state index in [-0.39, 0.29) is 12.3 Å². The van der Waals surface area contributed by atoms with Crippen LogP contribution >= 0.6 is 0 Å². The fourth-order valence-corrected chi connectivity index (χ4v) is 4.82. The van der Waals surface area contributed by atoms with Crippen LogP contribution in [0.5, 0.6) is 0 Å². The van der Waals surface area contributed by atoms with Crippen LogP contribution in [0.2, 0.25) is 0 Å². The van der Waals surface area contributed by atoms with Gasteiger partial charge in [-0.1, -0.05) is 55.5 Å². The van der Waals surface area contributed by atoms with Gasteiger partial charge in [0, 0.05) is 23.5 Å². The van der Waals surface area contributed by atoms with Crippen LogP contribution in [0.15, 0.2) is 54.6 Å². The first-order chi connectivity index (χ1) is 16.2. The van der Waals surface area contributed by atoms with Crippen LogP contribution in [0.4, 0.5) is 4.79 Å². The smallest absolute Gasteiger partial charge is 0.325 e. The summed E-state index contributed by atoms with van der Waals surface area (Å²) in [4.78, 5) is 41.4. The number of hydrogen-bond acceptors (Lipinski definition) is 3. The molecule has 176 valence electrons. The maximum absolute atomic E-state index is 13.9. The third kappa shape index (κ3) is 3.73. The number of rotatable bonds is 7. The lowest BCUT2D eigenvalue weighted by Crippen LogP contribution is -2.45. The molecule has 3 aromatic rings. The minimum Gasteiger partial charge on any atom is -0.348 e. The number of nitrogens with zero attached hydrogens (tertiary/aromatic N) is 2. The van der Waals surface area contributed by atoms with E-state index in [4.69, 9.17) is 0 Å². The molecule has 1 aliphatic heterocycles. The number of carbonyl (C=O) groups excluding carboxylic acids is 3. The first-order valence-corrected chi connectivity index (χ1v) is 11.7. The van der Waals surface area contributed by atoms with Crippen molar-refractivity contribution in [3.8, 4) is 0 Å². The number of aryl methyl sites for hydroxylation is 3. The zero-order valence-electron chi connectivity index (χ0n) is 20.4. The van der Waals surface area contributed by atoms with E-state index in [0.717, 1.165) is 40.4 Å². The molecule has 0 unspecified atom stereocenters. The number of nitrogens with one attached hydrogen (secondary N) is 1. The first-order valence-electron chi connectivity index (χ1n) is 11.7. The third-order valence-electron chi connectivity index (χ3n) is 6.88. The number of imide groups is 1. The Morgan fingerprint density at radius 1 is 0.912 bits per heavy atom. The van der Waals surface area contributed by atoms with Crippen LogP contribution in [-0.2, 0) is 16.9 Å². The molecule has 1 fully saturated rings. The van der Waals surface area contributed by atoms with Gasteiger partial charge in [0.2, 0.25) is 0 Å². The third-order valence-corrected chi connectivity index (χ3v) is 6.88. The minimum absolute atomic E-state index is 0.247. The van der Waals surface area contributed by atoms with Crippen molar-refractivity contribution < 1.29 is 14.4 Å². The van der Waals surface area contributed by atoms with E-state index in [0.29, 0.717) is 16.7 Å². The van der Waals surface area contributed by atoms with E-state index in [9.17, 15) is 14.4 Å². The number of ketones is 1. The van der Waals surface area contributed by atoms with Gasteiger partial charge in [-0.3, -0.25) is 14.5 Å². The van der Waals surface area contributed by atoms with Crippen molar-refractivity contribution in [2.45, 2.75) is 53.1 Å². The molecule has 1 saturated heterocycles. The Hall–Kier alpha value is -3.67. The maximum Gasteiger partial charge on any atom is 0.325 e. The van der Waals surface area contributed by atoms with E-state index in [1.54, 1.807) is 0 Å². The number of aromatic nitrogens is 1. The van der Waals surface area contributed by atoms with Gasteiger partial charge in [0.25, 0.3) is 5.91 Å². The average Bonchev–Trinajstić information content (AvgIpc) is 3.25. The summed E-state index contributed by atoms with van der Waals surface area (Å²) in [6, 6.07) is 16.2. The number of benzene rings is 2. The maximum atomic E-state index is 13.9. The Labute approximate surface area is 200 Å². The second kappa shape index (κ2) is 8.93. The molecule has 6 heteroatoms. The van der Waals surface area contributed by atoms with Crippen molar-refractivity contribution in [2.24, 2.45) is 0 Å². The van der Waals surface area contributed by atoms with E-state index in [2.05, 4.69) is 16.8 Å². The average molecular weight is 458 g/mol. The van der Waals surface area contributed by atoms with Crippen molar-refractivity contribution in [1.29, 1.82) is 0 Å². The molecule has 3 amide bonds. The Kier molecular flexibility index (Phi) is 6.17. The van der Waals surface area contributed by atoms with Gasteiger partial charge in [0.15, 0.2) is 11.3 Å². The SMILES string of the molecule is CCCn1c(C)cc(C(=O)CN2C(=O)N[C@](c3ccccc3)(c3ccc(C)c(C)c3)C2=O)c1C. The molecule has 1 N–H and O–H groups in total. The number of urea groups is 1. The van der Waals surface area contributed by atoms with Crippen LogP contribution in [-0.4, -0.2) is 33.7 Å². The van der Waals surface area contributed by atoms with Crippen LogP contribution < -0.4 is 5.32 Å². The molecule has 0 spiro atoms. The van der Waals surface area contributed by atoms with Gasteiger partial charge in [-0.2, -0.15) is 0 Å². The molecular formula is C28H31N3O3. The Morgan fingerprint density at radius 3 is 2.26 bits per heavy atom. The van der Waals surface area contributed by atoms with Crippen molar-refractivity contribution in [1.82, 2.24) is 14.8 Å². The molecule has 1 atom stereocenters. The molecule has 2 aromatic carbocycles. The summed E-state index contributed by atoms with van der Waals surface area (Å²) in [5, 5.41) is 2.93. The zero-order valence-corrected chi connectivity index (χ0v) is 20.4. The first kappa shape index (κ1) is 23.5. The second-order valence-corrected chi connectivity index (χ2v) is 9.10. The van der Waals surface area contributed by atoms with E-state index >= 15 is 0 Å². The molecule has 0 saturated carbocycles. The van der Waals surface area contributed by atoms with Gasteiger partial charge >= 0.3 is 6.03 Å². The summed E-state index contributed by atoms with van der Waals surface area (Å²) >= 11 is 0. The highest BCUT2D eigenvalue weighted by atomic mass is 16.2. The van der Waals surface area contributed by atoms with Crippen molar-refractivity contribution >= 4 is 17.7 Å². The highest BCUT2D eigenvalue weighted by Gasteiger charge is 2.54. The molecule has 0 bridgehead atoms. The Bertz CT molecular complexity index is 1280. The molecule has 0 radical (unpaired) electrons. The van der Waals surface area contributed by atoms with Crippen LogP contribution in [0.1, 0.15) is 57.3 Å². The molecule has 1 aliphatic rings. The lowest BCUT2D eigenvalue weighted by Gasteiger charge is -2.28. The van der Waals surface area contributed by atoms with E-state index in [1.165, 1.54) is 0 Å². The normalized spacial score (nSPS) is 17.9. The van der Waals surface area contributed by atoms with E-state index in [1.807, 2.05) is 82.3 Å². The lowest BCUT2D eigenvalue weighted by molar-refractivity contribution is -0.129. The highest BCUT2D eigenvalue weighted by molar-refractivity contribution is 6.13. The topological polar surface area (TPSA) is 71.4 Å². The number of amides is 3. The Morgan fingerprint density at radius 2 is 1.62 bits per heavy atom. The summed E-state index contributed by atoms with van der Waals surface area (Å²) < 4.78 is 2.10. The van der Waals surface area contributed by atoms with Crippen LogP contribution in [0, 0.1) is 27.7 Å². The highest BCUT2D eigenvalue weighted by Crippen LogP contribution is 2.37. The van der Waals surface area contributed by atoms with Crippen molar-refractivity contribution in [3.63, 3.8) is 0 Å². The quantitative estimate of drug-likeness (QED) is 0.409. The summed E-state index contributed by atoms with van der Waals surface area (Å²) in [5.74, 6) is -0.689. The number of carbonyl (C=O) groups is 3. The standard InChI is InChI=1S/C28H31N3O3/c1-6-14-30-20(4)16-24(21(30)5)25(32)17-31-26(33)28(29-27(31)34,22-10-8-7-9-11-22)23-13-12-18(2)19(3)15-23/h7-13,15-16H,6,14,17H2,1-5H3,(H,29,34)/t28-/m1/s1. The fraction of sp³-hybridized carbons (Fsp3) is 0.321. The van der Waals surface area contributed by atoms with Crippen LogP contribution in [0.3, 0.4) is 0 Å². The van der Waals surface area contributed by atoms with Gasteiger partial charge in [-0.25, -0.2) is 4.79 Å². The fourth-order valence-electron chi connectivity index (χ4n) is 4.82. The minimum atomic E-state index is -1.38.